The van der Waals surface area contributed by atoms with Gasteiger partial charge in [-0.1, -0.05) is 31.9 Å². The third-order valence-corrected chi connectivity index (χ3v) is 5.22. The van der Waals surface area contributed by atoms with Gasteiger partial charge in [-0.05, 0) is 47.3 Å². The van der Waals surface area contributed by atoms with Gasteiger partial charge in [-0.25, -0.2) is 0 Å². The Morgan fingerprint density at radius 3 is 2.75 bits per heavy atom. The average molecular weight is 341 g/mol. The van der Waals surface area contributed by atoms with Crippen LogP contribution < -0.4 is 0 Å². The second-order valence-electron chi connectivity index (χ2n) is 5.75. The van der Waals surface area contributed by atoms with Crippen molar-refractivity contribution in [2.75, 3.05) is 7.05 Å². The first-order valence-electron chi connectivity index (χ1n) is 7.12. The average Bonchev–Trinajstić information content (AvgIpc) is 2.41. The summed E-state index contributed by atoms with van der Waals surface area (Å²) in [6.07, 6.45) is 5.12. The van der Waals surface area contributed by atoms with Gasteiger partial charge in [-0.15, -0.1) is 0 Å². The fourth-order valence-corrected chi connectivity index (χ4v) is 3.70. The minimum absolute atomic E-state index is 0.146. The zero-order chi connectivity index (χ0) is 14.7. The van der Waals surface area contributed by atoms with Crippen molar-refractivity contribution in [2.24, 2.45) is 5.92 Å². The van der Waals surface area contributed by atoms with Gasteiger partial charge in [0, 0.05) is 18.7 Å². The lowest BCUT2D eigenvalue weighted by molar-refractivity contribution is -0.385. The Kier molecular flexibility index (Phi) is 5.16. The first-order valence-corrected chi connectivity index (χ1v) is 7.92. The van der Waals surface area contributed by atoms with Gasteiger partial charge in [0.05, 0.1) is 9.40 Å². The van der Waals surface area contributed by atoms with Crippen LogP contribution in [0.5, 0.6) is 0 Å². The largest absolute Gasteiger partial charge is 0.299 e. The van der Waals surface area contributed by atoms with E-state index in [1.54, 1.807) is 6.07 Å². The highest BCUT2D eigenvalue weighted by Gasteiger charge is 2.26. The molecule has 0 aliphatic heterocycles. The van der Waals surface area contributed by atoms with E-state index in [-0.39, 0.29) is 10.6 Å². The molecule has 0 amide bonds. The molecule has 4 nitrogen and oxygen atoms in total. The number of nitro groups is 1. The Bertz CT molecular complexity index is 493. The maximum atomic E-state index is 11.0. The Morgan fingerprint density at radius 2 is 2.10 bits per heavy atom. The summed E-state index contributed by atoms with van der Waals surface area (Å²) < 4.78 is 0.611. The normalized spacial score (nSPS) is 23.0. The molecule has 0 saturated heterocycles. The van der Waals surface area contributed by atoms with Crippen LogP contribution in [0.3, 0.4) is 0 Å². The van der Waals surface area contributed by atoms with Crippen molar-refractivity contribution >= 4 is 21.6 Å². The van der Waals surface area contributed by atoms with Crippen LogP contribution in [0.15, 0.2) is 22.7 Å². The molecule has 1 aromatic rings. The van der Waals surface area contributed by atoms with E-state index in [1.165, 1.54) is 31.7 Å². The molecule has 20 heavy (non-hydrogen) atoms. The number of halogens is 1. The minimum Gasteiger partial charge on any atom is -0.299 e. The molecule has 2 unspecified atom stereocenters. The molecule has 0 N–H and O–H groups in total. The fraction of sp³-hybridized carbons (Fsp3) is 0.600. The van der Waals surface area contributed by atoms with E-state index >= 15 is 0 Å². The van der Waals surface area contributed by atoms with Crippen molar-refractivity contribution in [3.63, 3.8) is 0 Å². The summed E-state index contributed by atoms with van der Waals surface area (Å²) in [5.74, 6) is 0.700. The highest BCUT2D eigenvalue weighted by Crippen LogP contribution is 2.32. The zero-order valence-electron chi connectivity index (χ0n) is 12.0. The summed E-state index contributed by atoms with van der Waals surface area (Å²) in [7, 11) is 2.12. The Morgan fingerprint density at radius 1 is 1.40 bits per heavy atom. The monoisotopic (exact) mass is 340 g/mol. The van der Waals surface area contributed by atoms with Crippen LogP contribution in [0, 0.1) is 16.0 Å². The summed E-state index contributed by atoms with van der Waals surface area (Å²) in [6, 6.07) is 5.84. The predicted molar refractivity (Wildman–Crippen MR) is 83.7 cm³/mol. The SMILES string of the molecule is CC1CCCCC1N(C)Cc1cccc([N+](=O)[O-])c1Br. The Hall–Kier alpha value is -0.940. The van der Waals surface area contributed by atoms with Crippen LogP contribution in [0.1, 0.15) is 38.2 Å². The molecule has 0 radical (unpaired) electrons. The third-order valence-electron chi connectivity index (χ3n) is 4.31. The fourth-order valence-electron chi connectivity index (χ4n) is 3.17. The molecule has 1 saturated carbocycles. The smallest absolute Gasteiger partial charge is 0.283 e. The minimum atomic E-state index is -0.336. The number of hydrogen-bond acceptors (Lipinski definition) is 3. The van der Waals surface area contributed by atoms with Crippen molar-refractivity contribution in [3.8, 4) is 0 Å². The van der Waals surface area contributed by atoms with Crippen LogP contribution in [0.25, 0.3) is 0 Å². The standard InChI is InChI=1S/C15H21BrN2O2/c1-11-6-3-4-8-13(11)17(2)10-12-7-5-9-14(15(12)16)18(19)20/h5,7,9,11,13H,3-4,6,8,10H2,1-2H3. The van der Waals surface area contributed by atoms with Crippen molar-refractivity contribution in [1.29, 1.82) is 0 Å². The molecular weight excluding hydrogens is 320 g/mol. The molecule has 1 aliphatic carbocycles. The maximum absolute atomic E-state index is 11.0. The van der Waals surface area contributed by atoms with E-state index in [1.807, 2.05) is 6.07 Å². The topological polar surface area (TPSA) is 46.4 Å². The van der Waals surface area contributed by atoms with Crippen molar-refractivity contribution in [2.45, 2.75) is 45.2 Å². The Labute approximate surface area is 128 Å². The lowest BCUT2D eigenvalue weighted by atomic mass is 9.85. The van der Waals surface area contributed by atoms with Gasteiger partial charge in [0.2, 0.25) is 0 Å². The highest BCUT2D eigenvalue weighted by molar-refractivity contribution is 9.10. The highest BCUT2D eigenvalue weighted by atomic mass is 79.9. The predicted octanol–water partition coefficient (Wildman–Crippen LogP) is 4.37. The summed E-state index contributed by atoms with van der Waals surface area (Å²) in [6.45, 7) is 3.06. The summed E-state index contributed by atoms with van der Waals surface area (Å²) >= 11 is 3.38. The molecule has 1 aliphatic rings. The molecule has 1 aromatic carbocycles. The van der Waals surface area contributed by atoms with Crippen molar-refractivity contribution in [1.82, 2.24) is 4.90 Å². The first-order chi connectivity index (χ1) is 9.50. The van der Waals surface area contributed by atoms with E-state index in [2.05, 4.69) is 34.8 Å². The molecule has 0 heterocycles. The van der Waals surface area contributed by atoms with E-state index in [0.717, 1.165) is 12.1 Å². The molecule has 5 heteroatoms. The lowest BCUT2D eigenvalue weighted by Gasteiger charge is -2.36. The number of nitrogens with zero attached hydrogens (tertiary/aromatic N) is 2. The van der Waals surface area contributed by atoms with Gasteiger partial charge in [0.1, 0.15) is 0 Å². The molecule has 110 valence electrons. The summed E-state index contributed by atoms with van der Waals surface area (Å²) in [4.78, 5) is 13.0. The number of hydrogen-bond donors (Lipinski definition) is 0. The Balaban J connectivity index is 2.13. The van der Waals surface area contributed by atoms with Gasteiger partial charge in [-0.3, -0.25) is 15.0 Å². The lowest BCUT2D eigenvalue weighted by Crippen LogP contribution is -2.38. The van der Waals surface area contributed by atoms with Gasteiger partial charge in [0.15, 0.2) is 0 Å². The van der Waals surface area contributed by atoms with Gasteiger partial charge in [-0.2, -0.15) is 0 Å². The molecule has 0 bridgehead atoms. The second-order valence-corrected chi connectivity index (χ2v) is 6.54. The van der Waals surface area contributed by atoms with Crippen LogP contribution in [-0.4, -0.2) is 22.9 Å². The van der Waals surface area contributed by atoms with E-state index < -0.39 is 0 Å². The van der Waals surface area contributed by atoms with E-state index in [0.29, 0.717) is 16.4 Å². The number of rotatable bonds is 4. The van der Waals surface area contributed by atoms with Crippen LogP contribution in [0.2, 0.25) is 0 Å². The molecule has 2 rings (SSSR count). The van der Waals surface area contributed by atoms with Gasteiger partial charge in [0.25, 0.3) is 5.69 Å². The molecule has 0 spiro atoms. The third kappa shape index (κ3) is 3.38. The summed E-state index contributed by atoms with van der Waals surface area (Å²) in [5, 5.41) is 11.0. The maximum Gasteiger partial charge on any atom is 0.283 e. The molecule has 1 fully saturated rings. The summed E-state index contributed by atoms with van der Waals surface area (Å²) in [5.41, 5.74) is 1.13. The molecule has 0 aromatic heterocycles. The second kappa shape index (κ2) is 6.68. The first kappa shape index (κ1) is 15.4. The van der Waals surface area contributed by atoms with Crippen molar-refractivity contribution < 1.29 is 4.92 Å². The van der Waals surface area contributed by atoms with E-state index in [9.17, 15) is 10.1 Å². The van der Waals surface area contributed by atoms with Crippen LogP contribution in [-0.2, 0) is 6.54 Å². The van der Waals surface area contributed by atoms with Crippen molar-refractivity contribution in [3.05, 3.63) is 38.3 Å². The van der Waals surface area contributed by atoms with Crippen LogP contribution >= 0.6 is 15.9 Å². The number of nitro benzene ring substituents is 1. The molecular formula is C15H21BrN2O2. The van der Waals surface area contributed by atoms with Gasteiger partial charge >= 0.3 is 0 Å². The van der Waals surface area contributed by atoms with Gasteiger partial charge < -0.3 is 0 Å². The van der Waals surface area contributed by atoms with Crippen LogP contribution in [0.4, 0.5) is 5.69 Å². The van der Waals surface area contributed by atoms with E-state index in [4.69, 9.17) is 0 Å². The zero-order valence-corrected chi connectivity index (χ0v) is 13.6. The number of benzene rings is 1. The molecule has 2 atom stereocenters. The quantitative estimate of drug-likeness (QED) is 0.604.